The molecule has 4 rings (SSSR count). The third-order valence-corrected chi connectivity index (χ3v) is 5.17. The van der Waals surface area contributed by atoms with E-state index >= 15 is 0 Å². The van der Waals surface area contributed by atoms with Gasteiger partial charge < -0.3 is 10.3 Å². The number of benzene rings is 2. The normalized spacial score (nSPS) is 15.2. The van der Waals surface area contributed by atoms with Gasteiger partial charge in [-0.05, 0) is 37.5 Å². The van der Waals surface area contributed by atoms with E-state index in [9.17, 15) is 0 Å². The smallest absolute Gasteiger partial charge is 0.130 e. The second-order valence-electron chi connectivity index (χ2n) is 7.04. The molecule has 2 aromatic carbocycles. The fourth-order valence-corrected chi connectivity index (χ4v) is 3.81. The molecule has 0 radical (unpaired) electrons. The minimum atomic E-state index is 0.472. The van der Waals surface area contributed by atoms with E-state index in [-0.39, 0.29) is 0 Å². The van der Waals surface area contributed by atoms with Crippen molar-refractivity contribution in [1.82, 2.24) is 4.57 Å². The Morgan fingerprint density at radius 2 is 1.64 bits per heavy atom. The summed E-state index contributed by atoms with van der Waals surface area (Å²) in [6.45, 7) is 6.72. The monoisotopic (exact) mass is 367 g/mol. The van der Waals surface area contributed by atoms with Gasteiger partial charge in [0.25, 0.3) is 0 Å². The second-order valence-corrected chi connectivity index (χ2v) is 7.04. The first-order chi connectivity index (χ1) is 13.7. The molecule has 3 aromatic rings. The quantitative estimate of drug-likeness (QED) is 0.341. The van der Waals surface area contributed by atoms with Crippen LogP contribution in [0, 0.1) is 0 Å². The summed E-state index contributed by atoms with van der Waals surface area (Å²) in [5.74, 6) is 0.472. The van der Waals surface area contributed by atoms with Gasteiger partial charge in [0.1, 0.15) is 5.84 Å². The Hall–Kier alpha value is -3.33. The van der Waals surface area contributed by atoms with Crippen LogP contribution in [0.25, 0.3) is 21.8 Å². The standard InChI is InChI=1S/C25H25N3/c1-3-10-18(2)25(26)27-22-14-7-4-11-19(22)17-28-23-15-8-5-12-20(23)21-13-6-9-16-24(21)28/h3,5-6,8-16H,2,4,7,17H2,1H3,(H2,26,27)/b10-3-. The van der Waals surface area contributed by atoms with Crippen molar-refractivity contribution < 1.29 is 0 Å². The number of amidine groups is 1. The van der Waals surface area contributed by atoms with Crippen LogP contribution in [0.1, 0.15) is 19.8 Å². The summed E-state index contributed by atoms with van der Waals surface area (Å²) in [6, 6.07) is 17.2. The molecule has 0 amide bonds. The second kappa shape index (κ2) is 7.73. The number of hydrogen-bond acceptors (Lipinski definition) is 1. The van der Waals surface area contributed by atoms with E-state index in [0.717, 1.165) is 30.7 Å². The molecule has 1 aromatic heterocycles. The Bertz CT molecular complexity index is 1120. The molecular formula is C25H25N3. The Balaban J connectivity index is 1.75. The molecule has 0 atom stereocenters. The summed E-state index contributed by atoms with van der Waals surface area (Å²) in [7, 11) is 0. The van der Waals surface area contributed by atoms with Crippen molar-refractivity contribution in [2.24, 2.45) is 10.7 Å². The van der Waals surface area contributed by atoms with E-state index < -0.39 is 0 Å². The molecule has 0 bridgehead atoms. The van der Waals surface area contributed by atoms with E-state index in [1.807, 2.05) is 19.1 Å². The maximum Gasteiger partial charge on any atom is 0.130 e. The third kappa shape index (κ3) is 3.31. The first-order valence-electron chi connectivity index (χ1n) is 9.70. The van der Waals surface area contributed by atoms with Crippen LogP contribution in [0.3, 0.4) is 0 Å². The van der Waals surface area contributed by atoms with Crippen LogP contribution < -0.4 is 5.73 Å². The van der Waals surface area contributed by atoms with Gasteiger partial charge in [0.15, 0.2) is 0 Å². The number of aliphatic imine (C=N–C) groups is 1. The van der Waals surface area contributed by atoms with Crippen molar-refractivity contribution in [3.8, 4) is 0 Å². The van der Waals surface area contributed by atoms with Crippen molar-refractivity contribution in [3.05, 3.63) is 96.3 Å². The highest BCUT2D eigenvalue weighted by atomic mass is 15.0. The molecule has 3 nitrogen and oxygen atoms in total. The molecule has 1 heterocycles. The van der Waals surface area contributed by atoms with Gasteiger partial charge in [-0.1, -0.05) is 67.3 Å². The Kier molecular flexibility index (Phi) is 4.98. The Labute approximate surface area is 165 Å². The highest BCUT2D eigenvalue weighted by Crippen LogP contribution is 2.31. The minimum Gasteiger partial charge on any atom is -0.383 e. The van der Waals surface area contributed by atoms with Crippen LogP contribution >= 0.6 is 0 Å². The number of allylic oxidation sites excluding steroid dienone is 4. The number of nitrogens with two attached hydrogens (primary N) is 1. The summed E-state index contributed by atoms with van der Waals surface area (Å²) >= 11 is 0. The van der Waals surface area contributed by atoms with Gasteiger partial charge in [-0.2, -0.15) is 0 Å². The highest BCUT2D eigenvalue weighted by molar-refractivity contribution is 6.08. The molecule has 28 heavy (non-hydrogen) atoms. The zero-order chi connectivity index (χ0) is 19.5. The van der Waals surface area contributed by atoms with Gasteiger partial charge in [0, 0.05) is 33.9 Å². The van der Waals surface area contributed by atoms with Crippen LogP contribution in [0.5, 0.6) is 0 Å². The third-order valence-electron chi connectivity index (χ3n) is 5.17. The molecule has 0 aliphatic heterocycles. The van der Waals surface area contributed by atoms with Crippen LogP contribution in [0.2, 0.25) is 0 Å². The predicted octanol–water partition coefficient (Wildman–Crippen LogP) is 5.89. The molecule has 1 aliphatic carbocycles. The van der Waals surface area contributed by atoms with Gasteiger partial charge in [0.05, 0.1) is 5.70 Å². The SMILES string of the molecule is C=C(/C=C\C)C(N)=NC1=CCCC=C1Cn1c2ccccc2c2ccccc21. The van der Waals surface area contributed by atoms with E-state index in [1.54, 1.807) is 0 Å². The van der Waals surface area contributed by atoms with Crippen molar-refractivity contribution in [2.45, 2.75) is 26.3 Å². The Morgan fingerprint density at radius 1 is 1.04 bits per heavy atom. The molecule has 0 saturated heterocycles. The molecule has 3 heteroatoms. The van der Waals surface area contributed by atoms with Crippen molar-refractivity contribution >= 4 is 27.6 Å². The summed E-state index contributed by atoms with van der Waals surface area (Å²) in [6.07, 6.45) is 10.3. The van der Waals surface area contributed by atoms with Crippen molar-refractivity contribution in [2.75, 3.05) is 0 Å². The lowest BCUT2D eigenvalue weighted by Gasteiger charge is -2.16. The van der Waals surface area contributed by atoms with Gasteiger partial charge in [-0.15, -0.1) is 0 Å². The lowest BCUT2D eigenvalue weighted by Crippen LogP contribution is -2.15. The van der Waals surface area contributed by atoms with Crippen LogP contribution in [-0.4, -0.2) is 10.4 Å². The van der Waals surface area contributed by atoms with Crippen molar-refractivity contribution in [3.63, 3.8) is 0 Å². The van der Waals surface area contributed by atoms with E-state index in [4.69, 9.17) is 10.7 Å². The van der Waals surface area contributed by atoms with E-state index in [0.29, 0.717) is 5.84 Å². The van der Waals surface area contributed by atoms with E-state index in [2.05, 4.69) is 71.8 Å². The Morgan fingerprint density at radius 3 is 2.29 bits per heavy atom. The number of hydrogen-bond donors (Lipinski definition) is 1. The number of fused-ring (bicyclic) bond motifs is 3. The highest BCUT2D eigenvalue weighted by Gasteiger charge is 2.15. The van der Waals surface area contributed by atoms with E-state index in [1.165, 1.54) is 27.4 Å². The summed E-state index contributed by atoms with van der Waals surface area (Å²) in [5, 5.41) is 2.56. The lowest BCUT2D eigenvalue weighted by molar-refractivity contribution is 0.825. The fraction of sp³-hybridized carbons (Fsp3) is 0.160. The number of nitrogens with zero attached hydrogens (tertiary/aromatic N) is 2. The largest absolute Gasteiger partial charge is 0.383 e. The maximum atomic E-state index is 6.18. The van der Waals surface area contributed by atoms with Crippen LogP contribution in [-0.2, 0) is 6.54 Å². The average molecular weight is 367 g/mol. The summed E-state index contributed by atoms with van der Waals surface area (Å²) < 4.78 is 2.38. The molecule has 0 unspecified atom stereocenters. The summed E-state index contributed by atoms with van der Waals surface area (Å²) in [4.78, 5) is 4.70. The molecule has 0 spiro atoms. The zero-order valence-corrected chi connectivity index (χ0v) is 16.2. The van der Waals surface area contributed by atoms with Crippen molar-refractivity contribution in [1.29, 1.82) is 0 Å². The fourth-order valence-electron chi connectivity index (χ4n) is 3.81. The summed E-state index contributed by atoms with van der Waals surface area (Å²) in [5.41, 5.74) is 11.6. The molecule has 2 N–H and O–H groups in total. The number of rotatable bonds is 5. The number of para-hydroxylation sites is 2. The van der Waals surface area contributed by atoms with Gasteiger partial charge in [-0.3, -0.25) is 0 Å². The van der Waals surface area contributed by atoms with Gasteiger partial charge in [-0.25, -0.2) is 4.99 Å². The van der Waals surface area contributed by atoms with Gasteiger partial charge in [0.2, 0.25) is 0 Å². The molecule has 0 fully saturated rings. The maximum absolute atomic E-state index is 6.18. The zero-order valence-electron chi connectivity index (χ0n) is 16.2. The minimum absolute atomic E-state index is 0.472. The first kappa shape index (κ1) is 18.1. The molecular weight excluding hydrogens is 342 g/mol. The predicted molar refractivity (Wildman–Crippen MR) is 120 cm³/mol. The molecule has 140 valence electrons. The van der Waals surface area contributed by atoms with Crippen LogP contribution in [0.4, 0.5) is 0 Å². The first-order valence-corrected chi connectivity index (χ1v) is 9.70. The lowest BCUT2D eigenvalue weighted by atomic mass is 10.0. The van der Waals surface area contributed by atoms with Gasteiger partial charge >= 0.3 is 0 Å². The number of aromatic nitrogens is 1. The molecule has 0 saturated carbocycles. The van der Waals surface area contributed by atoms with Crippen LogP contribution in [0.15, 0.2) is 101 Å². The average Bonchev–Trinajstić information content (AvgIpc) is 3.04. The molecule has 1 aliphatic rings. The topological polar surface area (TPSA) is 43.3 Å².